The van der Waals surface area contributed by atoms with Gasteiger partial charge in [-0.25, -0.2) is 0 Å². The first-order valence-electron chi connectivity index (χ1n) is 7.43. The van der Waals surface area contributed by atoms with Gasteiger partial charge in [-0.3, -0.25) is 4.79 Å². The number of nitrogens with one attached hydrogen (secondary N) is 2. The van der Waals surface area contributed by atoms with Crippen LogP contribution in [0, 0.1) is 5.92 Å². The molecule has 0 aliphatic carbocycles. The van der Waals surface area contributed by atoms with Gasteiger partial charge in [-0.2, -0.15) is 0 Å². The maximum Gasteiger partial charge on any atom is 0.251 e. The molecule has 1 saturated heterocycles. The summed E-state index contributed by atoms with van der Waals surface area (Å²) in [6.45, 7) is 1.78. The Bertz CT molecular complexity index is 687. The number of rotatable bonds is 4. The van der Waals surface area contributed by atoms with Gasteiger partial charge in [-0.05, 0) is 17.5 Å². The maximum absolute atomic E-state index is 12.5. The maximum atomic E-state index is 12.5. The summed E-state index contributed by atoms with van der Waals surface area (Å²) in [5.74, 6) is 0.689. The average Bonchev–Trinajstić information content (AvgIpc) is 2.96. The zero-order valence-electron chi connectivity index (χ0n) is 12.5. The van der Waals surface area contributed by atoms with E-state index in [4.69, 9.17) is 4.74 Å². The number of β-amino-alcohol motifs (C(OH)–C–C–N with tert-alkyl or cyclic N) is 1. The molecule has 0 bridgehead atoms. The summed E-state index contributed by atoms with van der Waals surface area (Å²) in [7, 11) is 1.62. The molecule has 1 aliphatic rings. The molecule has 5 nitrogen and oxygen atoms in total. The third-order valence-corrected chi connectivity index (χ3v) is 4.18. The molecule has 2 atom stereocenters. The normalized spacial score (nSPS) is 21.0. The van der Waals surface area contributed by atoms with Crippen LogP contribution in [0.1, 0.15) is 10.4 Å². The molecule has 5 heteroatoms. The lowest BCUT2D eigenvalue weighted by Crippen LogP contribution is -2.34. The number of ether oxygens (including phenoxy) is 1. The van der Waals surface area contributed by atoms with Crippen molar-refractivity contribution in [3.63, 3.8) is 0 Å². The van der Waals surface area contributed by atoms with Gasteiger partial charge in [0.15, 0.2) is 0 Å². The van der Waals surface area contributed by atoms with Crippen LogP contribution in [0.3, 0.4) is 0 Å². The van der Waals surface area contributed by atoms with E-state index in [9.17, 15) is 9.90 Å². The molecule has 2 aromatic rings. The molecular formula is C17H20N2O3. The molecule has 0 radical (unpaired) electrons. The van der Waals surface area contributed by atoms with Gasteiger partial charge in [0.1, 0.15) is 5.75 Å². The summed E-state index contributed by atoms with van der Waals surface area (Å²) in [6.07, 6.45) is -0.395. The second-order valence-electron chi connectivity index (χ2n) is 5.56. The Kier molecular flexibility index (Phi) is 4.27. The van der Waals surface area contributed by atoms with Crippen LogP contribution in [0.4, 0.5) is 0 Å². The van der Waals surface area contributed by atoms with Crippen LogP contribution in [-0.2, 0) is 0 Å². The number of hydrogen-bond acceptors (Lipinski definition) is 4. The summed E-state index contributed by atoms with van der Waals surface area (Å²) >= 11 is 0. The summed E-state index contributed by atoms with van der Waals surface area (Å²) in [6, 6.07) is 11.3. The van der Waals surface area contributed by atoms with Crippen molar-refractivity contribution in [2.75, 3.05) is 26.7 Å². The fourth-order valence-corrected chi connectivity index (χ4v) is 2.89. The van der Waals surface area contributed by atoms with Crippen molar-refractivity contribution in [2.45, 2.75) is 6.10 Å². The van der Waals surface area contributed by atoms with Gasteiger partial charge in [0.2, 0.25) is 0 Å². The van der Waals surface area contributed by atoms with Gasteiger partial charge in [-0.1, -0.05) is 24.3 Å². The minimum absolute atomic E-state index is 0.0634. The minimum atomic E-state index is -0.395. The standard InChI is InChI=1S/C17H20N2O3/c1-22-16-7-6-14(12-4-2-3-5-13(12)16)17(21)19-9-11-8-18-10-15(11)20/h2-7,11,15,18,20H,8-10H2,1H3,(H,19,21). The molecule has 0 saturated carbocycles. The number of fused-ring (bicyclic) bond motifs is 1. The zero-order valence-corrected chi connectivity index (χ0v) is 12.5. The lowest BCUT2D eigenvalue weighted by atomic mass is 10.0. The largest absolute Gasteiger partial charge is 0.496 e. The van der Waals surface area contributed by atoms with E-state index < -0.39 is 6.10 Å². The number of benzene rings is 2. The molecule has 3 N–H and O–H groups in total. The molecule has 0 spiro atoms. The highest BCUT2D eigenvalue weighted by Crippen LogP contribution is 2.28. The van der Waals surface area contributed by atoms with Crippen LogP contribution in [-0.4, -0.2) is 43.9 Å². The molecule has 1 fully saturated rings. The number of amides is 1. The predicted molar refractivity (Wildman–Crippen MR) is 85.2 cm³/mol. The summed E-state index contributed by atoms with van der Waals surface area (Å²) < 4.78 is 5.34. The second-order valence-corrected chi connectivity index (χ2v) is 5.56. The molecular weight excluding hydrogens is 280 g/mol. The third-order valence-electron chi connectivity index (χ3n) is 4.18. The molecule has 3 rings (SSSR count). The van der Waals surface area contributed by atoms with Crippen molar-refractivity contribution in [3.05, 3.63) is 42.0 Å². The summed E-state index contributed by atoms with van der Waals surface area (Å²) in [4.78, 5) is 12.5. The van der Waals surface area contributed by atoms with Crippen LogP contribution >= 0.6 is 0 Å². The second kappa shape index (κ2) is 6.34. The van der Waals surface area contributed by atoms with Crippen LogP contribution < -0.4 is 15.4 Å². The number of carbonyl (C=O) groups excluding carboxylic acids is 1. The highest BCUT2D eigenvalue weighted by atomic mass is 16.5. The molecule has 116 valence electrons. The van der Waals surface area contributed by atoms with Crippen molar-refractivity contribution in [2.24, 2.45) is 5.92 Å². The quantitative estimate of drug-likeness (QED) is 0.792. The predicted octanol–water partition coefficient (Wildman–Crippen LogP) is 1.16. The molecule has 1 amide bonds. The summed E-state index contributed by atoms with van der Waals surface area (Å²) in [5.41, 5.74) is 0.622. The van der Waals surface area contributed by atoms with Gasteiger partial charge in [-0.15, -0.1) is 0 Å². The van der Waals surface area contributed by atoms with E-state index in [1.807, 2.05) is 30.3 Å². The van der Waals surface area contributed by atoms with Gasteiger partial charge in [0, 0.05) is 36.5 Å². The zero-order chi connectivity index (χ0) is 15.5. The van der Waals surface area contributed by atoms with E-state index in [0.717, 1.165) is 23.1 Å². The van der Waals surface area contributed by atoms with E-state index in [0.29, 0.717) is 18.7 Å². The van der Waals surface area contributed by atoms with E-state index in [-0.39, 0.29) is 11.8 Å². The van der Waals surface area contributed by atoms with E-state index in [1.165, 1.54) is 0 Å². The van der Waals surface area contributed by atoms with Gasteiger partial charge < -0.3 is 20.5 Å². The highest BCUT2D eigenvalue weighted by Gasteiger charge is 2.25. The lowest BCUT2D eigenvalue weighted by Gasteiger charge is -2.15. The SMILES string of the molecule is COc1ccc(C(=O)NCC2CNCC2O)c2ccccc12. The van der Waals surface area contributed by atoms with Gasteiger partial charge in [0.25, 0.3) is 5.91 Å². The minimum Gasteiger partial charge on any atom is -0.496 e. The Balaban J connectivity index is 1.82. The fourth-order valence-electron chi connectivity index (χ4n) is 2.89. The van der Waals surface area contributed by atoms with Crippen LogP contribution in [0.2, 0.25) is 0 Å². The van der Waals surface area contributed by atoms with Crippen molar-refractivity contribution in [1.82, 2.24) is 10.6 Å². The van der Waals surface area contributed by atoms with Crippen LogP contribution in [0.15, 0.2) is 36.4 Å². The van der Waals surface area contributed by atoms with Crippen molar-refractivity contribution in [1.29, 1.82) is 0 Å². The molecule has 0 aromatic heterocycles. The highest BCUT2D eigenvalue weighted by molar-refractivity contribution is 6.08. The lowest BCUT2D eigenvalue weighted by molar-refractivity contribution is 0.0928. The average molecular weight is 300 g/mol. The van der Waals surface area contributed by atoms with E-state index in [2.05, 4.69) is 10.6 Å². The van der Waals surface area contributed by atoms with Crippen LogP contribution in [0.5, 0.6) is 5.75 Å². The first-order valence-corrected chi connectivity index (χ1v) is 7.43. The van der Waals surface area contributed by atoms with Gasteiger partial charge >= 0.3 is 0 Å². The number of aliphatic hydroxyl groups excluding tert-OH is 1. The topological polar surface area (TPSA) is 70.6 Å². The molecule has 1 heterocycles. The molecule has 2 aromatic carbocycles. The van der Waals surface area contributed by atoms with Crippen molar-refractivity contribution >= 4 is 16.7 Å². The van der Waals surface area contributed by atoms with Crippen molar-refractivity contribution in [3.8, 4) is 5.75 Å². The summed E-state index contributed by atoms with van der Waals surface area (Å²) in [5, 5.41) is 17.6. The van der Waals surface area contributed by atoms with E-state index >= 15 is 0 Å². The molecule has 22 heavy (non-hydrogen) atoms. The Labute approximate surface area is 129 Å². The fraction of sp³-hybridized carbons (Fsp3) is 0.353. The Morgan fingerprint density at radius 3 is 2.73 bits per heavy atom. The van der Waals surface area contributed by atoms with E-state index in [1.54, 1.807) is 13.2 Å². The monoisotopic (exact) mass is 300 g/mol. The Morgan fingerprint density at radius 1 is 1.27 bits per heavy atom. The number of aliphatic hydroxyl groups is 1. The molecule has 2 unspecified atom stereocenters. The van der Waals surface area contributed by atoms with Gasteiger partial charge in [0.05, 0.1) is 13.2 Å². The smallest absolute Gasteiger partial charge is 0.251 e. The first-order chi connectivity index (χ1) is 10.7. The number of hydrogen-bond donors (Lipinski definition) is 3. The number of methoxy groups -OCH3 is 1. The van der Waals surface area contributed by atoms with Crippen molar-refractivity contribution < 1.29 is 14.6 Å². The first kappa shape index (κ1) is 14.8. The number of carbonyl (C=O) groups is 1. The third kappa shape index (κ3) is 2.77. The molecule has 1 aliphatic heterocycles. The Morgan fingerprint density at radius 2 is 2.05 bits per heavy atom. The Hall–Kier alpha value is -2.11. The van der Waals surface area contributed by atoms with Crippen LogP contribution in [0.25, 0.3) is 10.8 Å².